The van der Waals surface area contributed by atoms with Gasteiger partial charge in [-0.2, -0.15) is 0 Å². The second-order valence-corrected chi connectivity index (χ2v) is 11.8. The molecule has 0 saturated carbocycles. The van der Waals surface area contributed by atoms with Gasteiger partial charge < -0.3 is 14.3 Å². The zero-order chi connectivity index (χ0) is 30.2. The van der Waals surface area contributed by atoms with Crippen LogP contribution in [0.1, 0.15) is 27.7 Å². The number of nitrogens with zero attached hydrogens (tertiary/aromatic N) is 4. The number of Topliss-reactive ketones (excluding diaryl/α,β-unsaturated/α-hetero) is 1. The van der Waals surface area contributed by atoms with Gasteiger partial charge in [-0.05, 0) is 41.5 Å². The summed E-state index contributed by atoms with van der Waals surface area (Å²) in [5.74, 6) is -1.64. The molecule has 6 rings (SSSR count). The van der Waals surface area contributed by atoms with Gasteiger partial charge in [0.1, 0.15) is 0 Å². The molecule has 0 radical (unpaired) electrons. The van der Waals surface area contributed by atoms with Crippen LogP contribution in [-0.2, 0) is 10.5 Å². The maximum absolute atomic E-state index is 13.9. The lowest BCUT2D eigenvalue weighted by Crippen LogP contribution is -2.31. The monoisotopic (exact) mass is 634 g/mol. The van der Waals surface area contributed by atoms with E-state index < -0.39 is 28.4 Å². The molecule has 43 heavy (non-hydrogen) atoms. The number of aliphatic hydroxyl groups is 1. The van der Waals surface area contributed by atoms with Crippen molar-refractivity contribution in [1.82, 2.24) is 10.2 Å². The number of anilines is 1. The molecule has 3 aromatic carbocycles. The van der Waals surface area contributed by atoms with Crippen molar-refractivity contribution in [3.8, 4) is 5.75 Å². The van der Waals surface area contributed by atoms with Gasteiger partial charge in [-0.25, -0.2) is 0 Å². The summed E-state index contributed by atoms with van der Waals surface area (Å²) < 4.78 is 11.7. The number of hydrogen-bond acceptors (Lipinski definition) is 11. The van der Waals surface area contributed by atoms with Gasteiger partial charge in [-0.15, -0.1) is 10.2 Å². The summed E-state index contributed by atoms with van der Waals surface area (Å²) in [4.78, 5) is 39.3. The van der Waals surface area contributed by atoms with Crippen LogP contribution in [0.5, 0.6) is 5.75 Å². The van der Waals surface area contributed by atoms with Crippen LogP contribution in [0.25, 0.3) is 11.0 Å². The molecule has 14 heteroatoms. The zero-order valence-electron chi connectivity index (χ0n) is 22.1. The number of thioether (sulfide) groups is 1. The van der Waals surface area contributed by atoms with Gasteiger partial charge in [0, 0.05) is 28.3 Å². The van der Waals surface area contributed by atoms with E-state index in [1.807, 2.05) is 18.2 Å². The first-order valence-corrected chi connectivity index (χ1v) is 14.8. The van der Waals surface area contributed by atoms with E-state index in [1.165, 1.54) is 49.2 Å². The molecule has 0 fully saturated rings. The maximum Gasteiger partial charge on any atom is 0.296 e. The number of nitro groups is 1. The highest BCUT2D eigenvalue weighted by Crippen LogP contribution is 2.45. The largest absolute Gasteiger partial charge is 0.503 e. The third-order valence-electron chi connectivity index (χ3n) is 6.73. The molecular formula is C29H19ClN4O7S2. The van der Waals surface area contributed by atoms with Gasteiger partial charge in [-0.3, -0.25) is 24.6 Å². The van der Waals surface area contributed by atoms with Gasteiger partial charge in [0.25, 0.3) is 11.6 Å². The summed E-state index contributed by atoms with van der Waals surface area (Å²) in [6.07, 6.45) is 0. The van der Waals surface area contributed by atoms with E-state index >= 15 is 0 Å². The Labute approximate surface area is 256 Å². The topological polar surface area (TPSA) is 149 Å². The number of amides is 1. The molecule has 1 atom stereocenters. The van der Waals surface area contributed by atoms with Crippen LogP contribution in [-0.4, -0.2) is 39.0 Å². The van der Waals surface area contributed by atoms with E-state index in [0.29, 0.717) is 37.4 Å². The van der Waals surface area contributed by atoms with Crippen LogP contribution >= 0.6 is 34.7 Å². The van der Waals surface area contributed by atoms with Gasteiger partial charge in [-0.1, -0.05) is 65.0 Å². The summed E-state index contributed by atoms with van der Waals surface area (Å²) in [5.41, 5.74) is 1.10. The van der Waals surface area contributed by atoms with E-state index in [2.05, 4.69) is 10.2 Å². The van der Waals surface area contributed by atoms with E-state index in [1.54, 1.807) is 24.3 Å². The Kier molecular flexibility index (Phi) is 7.61. The number of aromatic nitrogens is 2. The van der Waals surface area contributed by atoms with Crippen LogP contribution in [0.15, 0.2) is 92.9 Å². The van der Waals surface area contributed by atoms with Crippen LogP contribution < -0.4 is 9.64 Å². The third-order valence-corrected chi connectivity index (χ3v) is 9.21. The predicted molar refractivity (Wildman–Crippen MR) is 161 cm³/mol. The molecule has 1 aliphatic heterocycles. The van der Waals surface area contributed by atoms with Gasteiger partial charge in [0.05, 0.1) is 23.6 Å². The van der Waals surface area contributed by atoms with Crippen LogP contribution in [0.3, 0.4) is 0 Å². The third kappa shape index (κ3) is 5.22. The molecule has 5 aromatic rings. The van der Waals surface area contributed by atoms with Crippen molar-refractivity contribution in [2.75, 3.05) is 12.0 Å². The lowest BCUT2D eigenvalue weighted by Gasteiger charge is -2.23. The normalized spacial score (nSPS) is 15.0. The Balaban J connectivity index is 1.39. The Hall–Kier alpha value is -4.72. The lowest BCUT2D eigenvalue weighted by atomic mass is 9.95. The highest BCUT2D eigenvalue weighted by Gasteiger charge is 2.47. The molecule has 1 unspecified atom stereocenters. The predicted octanol–water partition coefficient (Wildman–Crippen LogP) is 6.93. The van der Waals surface area contributed by atoms with Crippen molar-refractivity contribution < 1.29 is 28.8 Å². The Morgan fingerprint density at radius 2 is 1.93 bits per heavy atom. The zero-order valence-corrected chi connectivity index (χ0v) is 24.5. The molecular weight excluding hydrogens is 616 g/mol. The molecule has 3 heterocycles. The number of non-ortho nitro benzene ring substituents is 1. The number of aliphatic hydroxyl groups excluding tert-OH is 1. The first-order chi connectivity index (χ1) is 20.8. The van der Waals surface area contributed by atoms with Crippen LogP contribution in [0.2, 0.25) is 5.02 Å². The Morgan fingerprint density at radius 1 is 1.16 bits per heavy atom. The molecule has 0 spiro atoms. The number of carbonyl (C=O) groups excluding carboxylic acids is 2. The fourth-order valence-corrected chi connectivity index (χ4v) is 6.84. The minimum absolute atomic E-state index is 0.121. The number of fused-ring (bicyclic) bond motifs is 1. The average Bonchev–Trinajstić information content (AvgIpc) is 3.73. The summed E-state index contributed by atoms with van der Waals surface area (Å²) in [6, 6.07) is 18.2. The molecule has 2 aromatic heterocycles. The fourth-order valence-electron chi connectivity index (χ4n) is 4.68. The number of benzene rings is 3. The van der Waals surface area contributed by atoms with Crippen molar-refractivity contribution >= 4 is 68.2 Å². The standard InChI is InChI=1S/C29H19ClN4O7S2/c1-40-20-8-4-6-16-13-21(41-26(16)20)24(35)22-23(15-9-11-18(12-10-15)34(38)39)33(27(37)25(22)36)28-31-32-29(43-28)42-14-17-5-2-3-7-19(17)30/h2-13,23,36H,14H2,1H3. The van der Waals surface area contributed by atoms with Crippen LogP contribution in [0.4, 0.5) is 10.8 Å². The van der Waals surface area contributed by atoms with Crippen LogP contribution in [0, 0.1) is 10.1 Å². The summed E-state index contributed by atoms with van der Waals surface area (Å²) in [7, 11) is 1.47. The van der Waals surface area contributed by atoms with Crippen molar-refractivity contribution in [3.05, 3.63) is 116 Å². The second kappa shape index (κ2) is 11.5. The number of rotatable bonds is 9. The number of methoxy groups -OCH3 is 1. The van der Waals surface area contributed by atoms with E-state index in [4.69, 9.17) is 20.8 Å². The minimum Gasteiger partial charge on any atom is -0.503 e. The summed E-state index contributed by atoms with van der Waals surface area (Å²) in [5, 5.41) is 32.1. The minimum atomic E-state index is -1.18. The van der Waals surface area contributed by atoms with E-state index in [0.717, 1.165) is 21.8 Å². The summed E-state index contributed by atoms with van der Waals surface area (Å²) >= 11 is 8.72. The molecule has 0 saturated heterocycles. The molecule has 1 amide bonds. The smallest absolute Gasteiger partial charge is 0.296 e. The molecule has 1 aliphatic rings. The number of halogens is 1. The molecule has 0 bridgehead atoms. The van der Waals surface area contributed by atoms with Crippen molar-refractivity contribution in [1.29, 1.82) is 0 Å². The number of nitro benzene ring substituents is 1. The highest BCUT2D eigenvalue weighted by atomic mass is 35.5. The number of ketones is 1. The van der Waals surface area contributed by atoms with E-state index in [-0.39, 0.29) is 22.2 Å². The first kappa shape index (κ1) is 28.4. The number of hydrogen-bond donors (Lipinski definition) is 1. The van der Waals surface area contributed by atoms with Crippen molar-refractivity contribution in [2.45, 2.75) is 16.1 Å². The molecule has 216 valence electrons. The van der Waals surface area contributed by atoms with Crippen molar-refractivity contribution in [3.63, 3.8) is 0 Å². The van der Waals surface area contributed by atoms with Gasteiger partial charge in [0.15, 0.2) is 27.2 Å². The molecule has 1 N–H and O–H groups in total. The highest BCUT2D eigenvalue weighted by molar-refractivity contribution is 8.00. The average molecular weight is 635 g/mol. The quantitative estimate of drug-likeness (QED) is 0.0594. The summed E-state index contributed by atoms with van der Waals surface area (Å²) in [6.45, 7) is 0. The van der Waals surface area contributed by atoms with Gasteiger partial charge in [0.2, 0.25) is 10.9 Å². The number of para-hydroxylation sites is 1. The van der Waals surface area contributed by atoms with E-state index in [9.17, 15) is 24.8 Å². The number of ether oxygens (including phenoxy) is 1. The van der Waals surface area contributed by atoms with Gasteiger partial charge >= 0.3 is 0 Å². The molecule has 11 nitrogen and oxygen atoms in total. The fraction of sp³-hybridized carbons (Fsp3) is 0.103. The second-order valence-electron chi connectivity index (χ2n) is 9.24. The number of furan rings is 1. The van der Waals surface area contributed by atoms with Crippen molar-refractivity contribution in [2.24, 2.45) is 0 Å². The molecule has 0 aliphatic carbocycles. The number of carbonyl (C=O) groups is 2. The maximum atomic E-state index is 13.9. The Morgan fingerprint density at radius 3 is 2.65 bits per heavy atom. The first-order valence-electron chi connectivity index (χ1n) is 12.6. The lowest BCUT2D eigenvalue weighted by molar-refractivity contribution is -0.384. The Bertz CT molecular complexity index is 1940. The SMILES string of the molecule is COc1cccc2cc(C(=O)C3=C(O)C(=O)N(c4nnc(SCc5ccccc5Cl)s4)C3c3ccc([N+](=O)[O-])cc3)oc12.